The molecule has 2 N–H and O–H groups in total. The van der Waals surface area contributed by atoms with Crippen molar-refractivity contribution in [3.05, 3.63) is 30.1 Å². The maximum Gasteiger partial charge on any atom is 0.407 e. The molecule has 2 aliphatic rings. The highest BCUT2D eigenvalue weighted by Gasteiger charge is 2.39. The first kappa shape index (κ1) is 16.2. The molecule has 1 aliphatic heterocycles. The number of aryl methyl sites for hydroxylation is 1. The fraction of sp³-hybridized carbons (Fsp3) is 0.667. The topological polar surface area (TPSA) is 71.5 Å². The van der Waals surface area contributed by atoms with E-state index in [1.54, 1.807) is 6.20 Å². The van der Waals surface area contributed by atoms with Gasteiger partial charge in [0.05, 0.1) is 12.1 Å². The van der Waals surface area contributed by atoms with Crippen molar-refractivity contribution in [1.29, 1.82) is 0 Å². The Balaban J connectivity index is 1.54. The van der Waals surface area contributed by atoms with Gasteiger partial charge in [0.2, 0.25) is 0 Å². The van der Waals surface area contributed by atoms with Crippen molar-refractivity contribution < 1.29 is 14.6 Å². The summed E-state index contributed by atoms with van der Waals surface area (Å²) < 4.78 is 5.35. The van der Waals surface area contributed by atoms with Crippen molar-refractivity contribution in [1.82, 2.24) is 10.3 Å². The van der Waals surface area contributed by atoms with E-state index in [4.69, 9.17) is 4.74 Å². The van der Waals surface area contributed by atoms with Crippen LogP contribution in [-0.4, -0.2) is 34.4 Å². The normalized spacial score (nSPS) is 26.6. The van der Waals surface area contributed by atoms with Crippen LogP contribution in [0.3, 0.4) is 0 Å². The van der Waals surface area contributed by atoms with Crippen molar-refractivity contribution in [2.75, 3.05) is 0 Å². The minimum Gasteiger partial charge on any atom is -0.441 e. The van der Waals surface area contributed by atoms with Gasteiger partial charge in [-0.05, 0) is 37.3 Å². The lowest BCUT2D eigenvalue weighted by atomic mass is 9.83. The van der Waals surface area contributed by atoms with Crippen LogP contribution in [0.4, 0.5) is 4.79 Å². The number of carbonyl (C=O) groups excluding carboxylic acids is 1. The fourth-order valence-corrected chi connectivity index (χ4v) is 3.80. The molecular weight excluding hydrogens is 292 g/mol. The van der Waals surface area contributed by atoms with Gasteiger partial charge in [0.25, 0.3) is 0 Å². The number of nitrogens with one attached hydrogen (secondary N) is 1. The smallest absolute Gasteiger partial charge is 0.407 e. The second-order valence-corrected chi connectivity index (χ2v) is 6.79. The number of aromatic nitrogens is 1. The Morgan fingerprint density at radius 3 is 2.87 bits per heavy atom. The number of alkyl carbamates (subject to hydrolysis) is 1. The van der Waals surface area contributed by atoms with E-state index in [0.717, 1.165) is 12.1 Å². The molecule has 5 nitrogen and oxygen atoms in total. The minimum absolute atomic E-state index is 0.0654. The van der Waals surface area contributed by atoms with E-state index in [2.05, 4.69) is 10.3 Å². The molecule has 0 bridgehead atoms. The zero-order chi connectivity index (χ0) is 16.1. The van der Waals surface area contributed by atoms with Crippen molar-refractivity contribution in [3.63, 3.8) is 0 Å². The van der Waals surface area contributed by atoms with Gasteiger partial charge in [0.15, 0.2) is 0 Å². The second kappa shape index (κ2) is 7.77. The molecule has 126 valence electrons. The lowest BCUT2D eigenvalue weighted by Gasteiger charge is -2.27. The molecule has 23 heavy (non-hydrogen) atoms. The predicted molar refractivity (Wildman–Crippen MR) is 86.9 cm³/mol. The van der Waals surface area contributed by atoms with Crippen LogP contribution in [-0.2, 0) is 11.2 Å². The Morgan fingerprint density at radius 2 is 2.13 bits per heavy atom. The number of nitrogens with zero attached hydrogens (tertiary/aromatic N) is 1. The summed E-state index contributed by atoms with van der Waals surface area (Å²) in [5.41, 5.74) is 0.952. The van der Waals surface area contributed by atoms with Gasteiger partial charge in [-0.2, -0.15) is 0 Å². The lowest BCUT2D eigenvalue weighted by molar-refractivity contribution is 0.0105. The molecule has 2 heterocycles. The number of ether oxygens (including phenoxy) is 1. The van der Waals surface area contributed by atoms with E-state index in [9.17, 15) is 9.90 Å². The summed E-state index contributed by atoms with van der Waals surface area (Å²) in [5, 5.41) is 13.4. The molecule has 1 saturated carbocycles. The lowest BCUT2D eigenvalue weighted by Crippen LogP contribution is -2.41. The molecule has 0 spiro atoms. The number of aliphatic hydroxyl groups excluding tert-OH is 1. The molecule has 1 amide bonds. The quantitative estimate of drug-likeness (QED) is 0.846. The van der Waals surface area contributed by atoms with Crippen LogP contribution >= 0.6 is 0 Å². The third-order valence-electron chi connectivity index (χ3n) is 5.06. The summed E-state index contributed by atoms with van der Waals surface area (Å²) in [6.45, 7) is 0. The third kappa shape index (κ3) is 4.44. The zero-order valence-corrected chi connectivity index (χ0v) is 13.5. The highest BCUT2D eigenvalue weighted by atomic mass is 16.6. The summed E-state index contributed by atoms with van der Waals surface area (Å²) in [7, 11) is 0. The van der Waals surface area contributed by atoms with Crippen molar-refractivity contribution in [2.45, 2.75) is 69.6 Å². The number of cyclic esters (lactones) is 1. The van der Waals surface area contributed by atoms with Gasteiger partial charge in [0, 0.05) is 11.9 Å². The summed E-state index contributed by atoms with van der Waals surface area (Å²) in [4.78, 5) is 15.9. The van der Waals surface area contributed by atoms with Crippen molar-refractivity contribution >= 4 is 6.09 Å². The molecule has 5 heteroatoms. The molecule has 0 radical (unpaired) electrons. The van der Waals surface area contributed by atoms with E-state index >= 15 is 0 Å². The van der Waals surface area contributed by atoms with E-state index in [1.165, 1.54) is 32.1 Å². The first-order valence-corrected chi connectivity index (χ1v) is 8.77. The average molecular weight is 318 g/mol. The van der Waals surface area contributed by atoms with E-state index in [1.807, 2.05) is 18.2 Å². The van der Waals surface area contributed by atoms with Gasteiger partial charge in [-0.15, -0.1) is 0 Å². The van der Waals surface area contributed by atoms with Gasteiger partial charge >= 0.3 is 6.09 Å². The van der Waals surface area contributed by atoms with Crippen LogP contribution in [0.1, 0.15) is 50.6 Å². The minimum atomic E-state index is -0.649. The van der Waals surface area contributed by atoms with E-state index in [0.29, 0.717) is 18.8 Å². The van der Waals surface area contributed by atoms with Crippen LogP contribution in [0, 0.1) is 5.92 Å². The van der Waals surface area contributed by atoms with Crippen LogP contribution < -0.4 is 5.32 Å². The van der Waals surface area contributed by atoms with Crippen LogP contribution in [0.25, 0.3) is 0 Å². The molecule has 1 unspecified atom stereocenters. The Morgan fingerprint density at radius 1 is 1.30 bits per heavy atom. The fourth-order valence-electron chi connectivity index (χ4n) is 3.80. The van der Waals surface area contributed by atoms with Crippen LogP contribution in [0.2, 0.25) is 0 Å². The van der Waals surface area contributed by atoms with Gasteiger partial charge < -0.3 is 15.2 Å². The number of hydrogen-bond acceptors (Lipinski definition) is 4. The number of aliphatic hydroxyl groups is 1. The summed E-state index contributed by atoms with van der Waals surface area (Å²) in [6.07, 6.45) is 8.75. The Hall–Kier alpha value is -1.62. The molecular formula is C18H26N2O3. The number of amides is 1. The number of rotatable bonds is 6. The monoisotopic (exact) mass is 318 g/mol. The standard InChI is InChI=1S/C18H26N2O3/c21-16(10-9-14-8-4-5-11-19-14)17-15(20-18(22)23-17)12-13-6-2-1-3-7-13/h4-5,8,11,13,15-17,21H,1-3,6-7,9-10,12H2,(H,20,22)/t15-,16?,17+/m0/s1. The van der Waals surface area contributed by atoms with Gasteiger partial charge in [-0.1, -0.05) is 38.2 Å². The molecule has 0 aromatic carbocycles. The number of carbonyl (C=O) groups is 1. The molecule has 1 aromatic rings. The highest BCUT2D eigenvalue weighted by Crippen LogP contribution is 2.30. The Kier molecular flexibility index (Phi) is 5.49. The summed E-state index contributed by atoms with van der Waals surface area (Å²) >= 11 is 0. The Bertz CT molecular complexity index is 502. The van der Waals surface area contributed by atoms with Crippen molar-refractivity contribution in [2.24, 2.45) is 5.92 Å². The Labute approximate surface area is 137 Å². The third-order valence-corrected chi connectivity index (χ3v) is 5.06. The van der Waals surface area contributed by atoms with Gasteiger partial charge in [-0.25, -0.2) is 4.79 Å². The van der Waals surface area contributed by atoms with Crippen LogP contribution in [0.5, 0.6) is 0 Å². The largest absolute Gasteiger partial charge is 0.441 e. The van der Waals surface area contributed by atoms with Crippen LogP contribution in [0.15, 0.2) is 24.4 Å². The maximum absolute atomic E-state index is 11.6. The second-order valence-electron chi connectivity index (χ2n) is 6.79. The molecule has 3 atom stereocenters. The highest BCUT2D eigenvalue weighted by molar-refractivity contribution is 5.70. The zero-order valence-electron chi connectivity index (χ0n) is 13.5. The molecule has 2 fully saturated rings. The molecule has 1 aromatic heterocycles. The summed E-state index contributed by atoms with van der Waals surface area (Å²) in [6, 6.07) is 5.70. The van der Waals surface area contributed by atoms with E-state index in [-0.39, 0.29) is 6.04 Å². The summed E-state index contributed by atoms with van der Waals surface area (Å²) in [5.74, 6) is 0.640. The van der Waals surface area contributed by atoms with Gasteiger partial charge in [0.1, 0.15) is 6.10 Å². The van der Waals surface area contributed by atoms with E-state index < -0.39 is 18.3 Å². The number of pyridine rings is 1. The maximum atomic E-state index is 11.6. The SMILES string of the molecule is O=C1N[C@@H](CC2CCCCC2)[C@H](C(O)CCc2ccccn2)O1. The average Bonchev–Trinajstić information content (AvgIpc) is 2.95. The first-order valence-electron chi connectivity index (χ1n) is 8.77. The molecule has 1 aliphatic carbocycles. The molecule has 1 saturated heterocycles. The number of hydrogen-bond donors (Lipinski definition) is 2. The first-order chi connectivity index (χ1) is 11.2. The van der Waals surface area contributed by atoms with Gasteiger partial charge in [-0.3, -0.25) is 4.98 Å². The predicted octanol–water partition coefficient (Wildman–Crippen LogP) is 2.82. The molecule has 3 rings (SSSR count). The van der Waals surface area contributed by atoms with Crippen molar-refractivity contribution in [3.8, 4) is 0 Å².